The number of hydrogen-bond donors (Lipinski definition) is 1. The van der Waals surface area contributed by atoms with Crippen LogP contribution in [-0.4, -0.2) is 84.0 Å². The van der Waals surface area contributed by atoms with E-state index in [0.29, 0.717) is 18.9 Å². The molecule has 27 heavy (non-hydrogen) atoms. The van der Waals surface area contributed by atoms with Crippen LogP contribution in [0.1, 0.15) is 72.6 Å². The van der Waals surface area contributed by atoms with Gasteiger partial charge in [-0.2, -0.15) is 0 Å². The summed E-state index contributed by atoms with van der Waals surface area (Å²) in [6, 6.07) is 0. The standard InChI is InChI=1S/C16H33N3O.C5H10O2/c1-4-7-10-17-11-13-19(14-12-17)16(20)15-18(8-5-2)9-6-3;1-2-3-4-5(6)7/h4-15H2,1-3H3;2-4H2,1H3,(H,6,7). The molecule has 0 saturated carbocycles. The van der Waals surface area contributed by atoms with E-state index in [9.17, 15) is 9.59 Å². The summed E-state index contributed by atoms with van der Waals surface area (Å²) in [5, 5.41) is 8.04. The van der Waals surface area contributed by atoms with E-state index < -0.39 is 5.97 Å². The van der Waals surface area contributed by atoms with Gasteiger partial charge in [0.2, 0.25) is 5.91 Å². The minimum atomic E-state index is -0.693. The fourth-order valence-electron chi connectivity index (χ4n) is 3.12. The van der Waals surface area contributed by atoms with Crippen molar-refractivity contribution in [1.82, 2.24) is 14.7 Å². The second-order valence-corrected chi connectivity index (χ2v) is 7.35. The van der Waals surface area contributed by atoms with Gasteiger partial charge in [0.05, 0.1) is 6.54 Å². The molecule has 1 aliphatic rings. The van der Waals surface area contributed by atoms with Crippen LogP contribution in [0.25, 0.3) is 0 Å². The molecule has 0 spiro atoms. The number of carboxylic acids is 1. The molecule has 0 aromatic rings. The van der Waals surface area contributed by atoms with Gasteiger partial charge in [-0.1, -0.05) is 40.5 Å². The summed E-state index contributed by atoms with van der Waals surface area (Å²) in [6.07, 6.45) is 6.85. The summed E-state index contributed by atoms with van der Waals surface area (Å²) in [6.45, 7) is 16.4. The van der Waals surface area contributed by atoms with Crippen LogP contribution in [0.4, 0.5) is 0 Å². The molecule has 1 N–H and O–H groups in total. The molecular weight excluding hydrogens is 342 g/mol. The van der Waals surface area contributed by atoms with Gasteiger partial charge >= 0.3 is 5.97 Å². The second kappa shape index (κ2) is 17.0. The summed E-state index contributed by atoms with van der Waals surface area (Å²) in [7, 11) is 0. The van der Waals surface area contributed by atoms with Crippen LogP contribution >= 0.6 is 0 Å². The number of unbranched alkanes of at least 4 members (excludes halogenated alkanes) is 2. The Balaban J connectivity index is 0.000000821. The molecule has 1 heterocycles. The number of hydrogen-bond acceptors (Lipinski definition) is 4. The van der Waals surface area contributed by atoms with Crippen LogP contribution in [0.5, 0.6) is 0 Å². The molecular formula is C21H43N3O3. The van der Waals surface area contributed by atoms with E-state index in [-0.39, 0.29) is 0 Å². The minimum absolute atomic E-state index is 0.316. The van der Waals surface area contributed by atoms with Gasteiger partial charge in [-0.05, 0) is 45.3 Å². The lowest BCUT2D eigenvalue weighted by atomic mass is 10.2. The van der Waals surface area contributed by atoms with Gasteiger partial charge in [0.15, 0.2) is 0 Å². The highest BCUT2D eigenvalue weighted by molar-refractivity contribution is 5.78. The fraction of sp³-hybridized carbons (Fsp3) is 0.905. The molecule has 160 valence electrons. The van der Waals surface area contributed by atoms with Crippen LogP contribution in [0.15, 0.2) is 0 Å². The fourth-order valence-corrected chi connectivity index (χ4v) is 3.12. The Morgan fingerprint density at radius 1 is 0.852 bits per heavy atom. The highest BCUT2D eigenvalue weighted by Gasteiger charge is 2.21. The first kappa shape index (κ1) is 25.9. The van der Waals surface area contributed by atoms with Gasteiger partial charge in [-0.25, -0.2) is 0 Å². The van der Waals surface area contributed by atoms with Crippen LogP contribution in [0.2, 0.25) is 0 Å². The van der Waals surface area contributed by atoms with E-state index in [1.54, 1.807) is 0 Å². The zero-order valence-corrected chi connectivity index (χ0v) is 18.2. The van der Waals surface area contributed by atoms with E-state index in [2.05, 4.69) is 35.5 Å². The van der Waals surface area contributed by atoms with Crippen molar-refractivity contribution in [3.63, 3.8) is 0 Å². The third kappa shape index (κ3) is 13.6. The molecule has 0 aromatic carbocycles. The maximum absolute atomic E-state index is 12.3. The molecule has 0 bridgehead atoms. The van der Waals surface area contributed by atoms with Crippen LogP contribution < -0.4 is 0 Å². The predicted molar refractivity (Wildman–Crippen MR) is 112 cm³/mol. The first-order valence-corrected chi connectivity index (χ1v) is 10.9. The lowest BCUT2D eigenvalue weighted by Gasteiger charge is -2.35. The lowest BCUT2D eigenvalue weighted by molar-refractivity contribution is -0.137. The molecule has 1 aliphatic heterocycles. The summed E-state index contributed by atoms with van der Waals surface area (Å²) in [5.74, 6) is -0.371. The summed E-state index contributed by atoms with van der Waals surface area (Å²) < 4.78 is 0. The minimum Gasteiger partial charge on any atom is -0.481 e. The quantitative estimate of drug-likeness (QED) is 0.558. The number of rotatable bonds is 12. The number of amides is 1. The zero-order valence-electron chi connectivity index (χ0n) is 18.2. The number of carboxylic acid groups (broad SMARTS) is 1. The van der Waals surface area contributed by atoms with Crippen LogP contribution in [0.3, 0.4) is 0 Å². The first-order chi connectivity index (χ1) is 13.0. The average molecular weight is 386 g/mol. The van der Waals surface area contributed by atoms with Crippen molar-refractivity contribution in [1.29, 1.82) is 0 Å². The molecule has 0 aliphatic carbocycles. The summed E-state index contributed by atoms with van der Waals surface area (Å²) in [4.78, 5) is 28.9. The zero-order chi connectivity index (χ0) is 20.5. The molecule has 0 radical (unpaired) electrons. The highest BCUT2D eigenvalue weighted by atomic mass is 16.4. The SMILES string of the molecule is CCCCC(=O)O.CCCCN1CCN(C(=O)CN(CCC)CCC)CC1. The van der Waals surface area contributed by atoms with Crippen molar-refractivity contribution in [2.24, 2.45) is 0 Å². The van der Waals surface area contributed by atoms with E-state index >= 15 is 0 Å². The Hall–Kier alpha value is -1.14. The molecule has 0 aromatic heterocycles. The normalized spacial score (nSPS) is 14.8. The largest absolute Gasteiger partial charge is 0.481 e. The first-order valence-electron chi connectivity index (χ1n) is 10.9. The topological polar surface area (TPSA) is 64.1 Å². The van der Waals surface area contributed by atoms with Crippen LogP contribution in [-0.2, 0) is 9.59 Å². The Morgan fingerprint density at radius 3 is 1.81 bits per heavy atom. The molecule has 6 nitrogen and oxygen atoms in total. The maximum Gasteiger partial charge on any atom is 0.303 e. The summed E-state index contributed by atoms with van der Waals surface area (Å²) in [5.41, 5.74) is 0. The van der Waals surface area contributed by atoms with Gasteiger partial charge in [0.1, 0.15) is 0 Å². The third-order valence-corrected chi connectivity index (χ3v) is 4.74. The van der Waals surface area contributed by atoms with Crippen molar-refractivity contribution in [3.05, 3.63) is 0 Å². The van der Waals surface area contributed by atoms with Gasteiger partial charge in [-0.3, -0.25) is 19.4 Å². The third-order valence-electron chi connectivity index (χ3n) is 4.74. The number of carbonyl (C=O) groups excluding carboxylic acids is 1. The van der Waals surface area contributed by atoms with E-state index in [0.717, 1.165) is 65.0 Å². The highest BCUT2D eigenvalue weighted by Crippen LogP contribution is 2.05. The van der Waals surface area contributed by atoms with Gasteiger partial charge in [-0.15, -0.1) is 0 Å². The van der Waals surface area contributed by atoms with Crippen molar-refractivity contribution >= 4 is 11.9 Å². The molecule has 0 unspecified atom stereocenters. The number of aliphatic carboxylic acids is 1. The average Bonchev–Trinajstić information content (AvgIpc) is 2.66. The molecule has 1 amide bonds. The maximum atomic E-state index is 12.3. The van der Waals surface area contributed by atoms with Crippen LogP contribution in [0, 0.1) is 0 Å². The molecule has 1 rings (SSSR count). The van der Waals surface area contributed by atoms with Crippen molar-refractivity contribution < 1.29 is 14.7 Å². The number of carbonyl (C=O) groups is 2. The summed E-state index contributed by atoms with van der Waals surface area (Å²) >= 11 is 0. The van der Waals surface area contributed by atoms with E-state index in [4.69, 9.17) is 5.11 Å². The van der Waals surface area contributed by atoms with E-state index in [1.807, 2.05) is 6.92 Å². The Kier molecular flexibility index (Phi) is 16.3. The van der Waals surface area contributed by atoms with E-state index in [1.165, 1.54) is 19.4 Å². The lowest BCUT2D eigenvalue weighted by Crippen LogP contribution is -2.51. The predicted octanol–water partition coefficient (Wildman–Crippen LogP) is 3.31. The Morgan fingerprint density at radius 2 is 1.41 bits per heavy atom. The molecule has 6 heteroatoms. The monoisotopic (exact) mass is 385 g/mol. The van der Waals surface area contributed by atoms with Gasteiger partial charge < -0.3 is 10.0 Å². The Labute approximate surface area is 166 Å². The molecule has 1 fully saturated rings. The van der Waals surface area contributed by atoms with Crippen molar-refractivity contribution in [3.8, 4) is 0 Å². The molecule has 0 atom stereocenters. The second-order valence-electron chi connectivity index (χ2n) is 7.35. The molecule has 1 saturated heterocycles. The smallest absolute Gasteiger partial charge is 0.303 e. The Bertz CT molecular complexity index is 377. The number of piperazine rings is 1. The van der Waals surface area contributed by atoms with Gasteiger partial charge in [0, 0.05) is 32.6 Å². The van der Waals surface area contributed by atoms with Gasteiger partial charge in [0.25, 0.3) is 0 Å². The van der Waals surface area contributed by atoms with Crippen molar-refractivity contribution in [2.75, 3.05) is 52.4 Å². The number of nitrogens with zero attached hydrogens (tertiary/aromatic N) is 3. The van der Waals surface area contributed by atoms with Crippen molar-refractivity contribution in [2.45, 2.75) is 72.6 Å².